The lowest BCUT2D eigenvalue weighted by Crippen LogP contribution is -1.91. The highest BCUT2D eigenvalue weighted by molar-refractivity contribution is 7.99. The van der Waals surface area contributed by atoms with Crippen molar-refractivity contribution in [2.45, 2.75) is 9.79 Å². The van der Waals surface area contributed by atoms with E-state index in [0.717, 1.165) is 15.5 Å². The number of anilines is 2. The summed E-state index contributed by atoms with van der Waals surface area (Å²) in [6.45, 7) is 0. The van der Waals surface area contributed by atoms with Crippen LogP contribution in [0.1, 0.15) is 0 Å². The van der Waals surface area contributed by atoms with E-state index in [1.807, 2.05) is 36.4 Å². The molecule has 17 heavy (non-hydrogen) atoms. The van der Waals surface area contributed by atoms with Gasteiger partial charge in [0.2, 0.25) is 0 Å². The fourth-order valence-corrected chi connectivity index (χ4v) is 2.27. The Hall–Kier alpha value is -1.81. The molecular formula is C13H14N2OS. The van der Waals surface area contributed by atoms with Crippen LogP contribution in [-0.2, 0) is 0 Å². The summed E-state index contributed by atoms with van der Waals surface area (Å²) in [7, 11) is 1.65. The second kappa shape index (κ2) is 5.01. The van der Waals surface area contributed by atoms with Crippen LogP contribution in [0, 0.1) is 0 Å². The number of ether oxygens (including phenoxy) is 1. The predicted octanol–water partition coefficient (Wildman–Crippen LogP) is 3.01. The fourth-order valence-electron chi connectivity index (χ4n) is 1.43. The first-order chi connectivity index (χ1) is 8.19. The lowest BCUT2D eigenvalue weighted by atomic mass is 10.3. The minimum atomic E-state index is 0.682. The standard InChI is InChI=1S/C13H14N2OS/c1-16-10-3-5-11(6-4-10)17-13-7-2-9(14)8-12(13)15/h2-8H,14-15H2,1H3. The van der Waals surface area contributed by atoms with Crippen LogP contribution >= 0.6 is 11.8 Å². The lowest BCUT2D eigenvalue weighted by Gasteiger charge is -2.06. The molecule has 3 nitrogen and oxygen atoms in total. The topological polar surface area (TPSA) is 61.3 Å². The van der Waals surface area contributed by atoms with Crippen molar-refractivity contribution in [1.82, 2.24) is 0 Å². The van der Waals surface area contributed by atoms with Gasteiger partial charge in [-0.25, -0.2) is 0 Å². The van der Waals surface area contributed by atoms with Gasteiger partial charge >= 0.3 is 0 Å². The molecule has 0 heterocycles. The van der Waals surface area contributed by atoms with E-state index in [9.17, 15) is 0 Å². The Labute approximate surface area is 105 Å². The zero-order valence-electron chi connectivity index (χ0n) is 9.51. The van der Waals surface area contributed by atoms with E-state index in [-0.39, 0.29) is 0 Å². The molecule has 2 aromatic carbocycles. The molecule has 0 aromatic heterocycles. The zero-order chi connectivity index (χ0) is 12.3. The Morgan fingerprint density at radius 3 is 2.29 bits per heavy atom. The van der Waals surface area contributed by atoms with Gasteiger partial charge in [0.05, 0.1) is 7.11 Å². The molecule has 0 aliphatic rings. The van der Waals surface area contributed by atoms with Crippen molar-refractivity contribution < 1.29 is 4.74 Å². The monoisotopic (exact) mass is 246 g/mol. The minimum absolute atomic E-state index is 0.682. The second-order valence-electron chi connectivity index (χ2n) is 3.57. The molecule has 4 N–H and O–H groups in total. The number of rotatable bonds is 3. The van der Waals surface area contributed by atoms with Crippen LogP contribution in [0.15, 0.2) is 52.3 Å². The highest BCUT2D eigenvalue weighted by Gasteiger charge is 2.02. The van der Waals surface area contributed by atoms with Crippen molar-refractivity contribution in [2.24, 2.45) is 0 Å². The van der Waals surface area contributed by atoms with Crippen LogP contribution in [0.3, 0.4) is 0 Å². The van der Waals surface area contributed by atoms with E-state index in [0.29, 0.717) is 11.4 Å². The Morgan fingerprint density at radius 1 is 1.00 bits per heavy atom. The third-order valence-electron chi connectivity index (χ3n) is 2.32. The van der Waals surface area contributed by atoms with Gasteiger partial charge in [-0.2, -0.15) is 0 Å². The van der Waals surface area contributed by atoms with Gasteiger partial charge in [0.1, 0.15) is 5.75 Å². The smallest absolute Gasteiger partial charge is 0.118 e. The van der Waals surface area contributed by atoms with E-state index >= 15 is 0 Å². The average Bonchev–Trinajstić information content (AvgIpc) is 2.34. The lowest BCUT2D eigenvalue weighted by molar-refractivity contribution is 0.414. The molecule has 2 aromatic rings. The summed E-state index contributed by atoms with van der Waals surface area (Å²) < 4.78 is 5.11. The normalized spacial score (nSPS) is 10.2. The molecule has 0 aliphatic heterocycles. The summed E-state index contributed by atoms with van der Waals surface area (Å²) in [5.41, 5.74) is 12.9. The molecule has 0 amide bonds. The van der Waals surface area contributed by atoms with Gasteiger partial charge in [-0.1, -0.05) is 11.8 Å². The first-order valence-electron chi connectivity index (χ1n) is 5.16. The summed E-state index contributed by atoms with van der Waals surface area (Å²) in [6, 6.07) is 13.4. The third-order valence-corrected chi connectivity index (χ3v) is 3.42. The first-order valence-corrected chi connectivity index (χ1v) is 5.97. The van der Waals surface area contributed by atoms with E-state index in [1.165, 1.54) is 0 Å². The molecule has 0 fully saturated rings. The van der Waals surface area contributed by atoms with Crippen LogP contribution in [0.25, 0.3) is 0 Å². The summed E-state index contributed by atoms with van der Waals surface area (Å²) >= 11 is 1.61. The number of benzene rings is 2. The van der Waals surface area contributed by atoms with Crippen molar-refractivity contribution in [1.29, 1.82) is 0 Å². The van der Waals surface area contributed by atoms with Gasteiger partial charge in [-0.05, 0) is 42.5 Å². The van der Waals surface area contributed by atoms with Crippen LogP contribution in [0.5, 0.6) is 5.75 Å². The Bertz CT molecular complexity index is 511. The molecule has 0 saturated carbocycles. The molecule has 0 saturated heterocycles. The van der Waals surface area contributed by atoms with Crippen molar-refractivity contribution in [3.63, 3.8) is 0 Å². The SMILES string of the molecule is COc1ccc(Sc2ccc(N)cc2N)cc1. The number of hydrogen-bond donors (Lipinski definition) is 2. The molecule has 0 aliphatic carbocycles. The number of nitrogens with two attached hydrogens (primary N) is 2. The summed E-state index contributed by atoms with van der Waals surface area (Å²) in [6.07, 6.45) is 0. The number of hydrogen-bond acceptors (Lipinski definition) is 4. The van der Waals surface area contributed by atoms with Crippen molar-refractivity contribution in [3.05, 3.63) is 42.5 Å². The predicted molar refractivity (Wildman–Crippen MR) is 72.4 cm³/mol. The highest BCUT2D eigenvalue weighted by Crippen LogP contribution is 2.33. The van der Waals surface area contributed by atoms with Crippen molar-refractivity contribution >= 4 is 23.1 Å². The second-order valence-corrected chi connectivity index (χ2v) is 4.69. The van der Waals surface area contributed by atoms with Gasteiger partial charge in [0, 0.05) is 21.2 Å². The molecule has 4 heteroatoms. The summed E-state index contributed by atoms with van der Waals surface area (Å²) in [5, 5.41) is 0. The van der Waals surface area contributed by atoms with Crippen LogP contribution < -0.4 is 16.2 Å². The number of nitrogen functional groups attached to an aromatic ring is 2. The molecule has 2 rings (SSSR count). The average molecular weight is 246 g/mol. The van der Waals surface area contributed by atoms with E-state index < -0.39 is 0 Å². The van der Waals surface area contributed by atoms with Gasteiger partial charge in [0.15, 0.2) is 0 Å². The molecule has 0 atom stereocenters. The summed E-state index contributed by atoms with van der Waals surface area (Å²) in [4.78, 5) is 2.12. The Balaban J connectivity index is 2.19. The molecular weight excluding hydrogens is 232 g/mol. The van der Waals surface area contributed by atoms with Crippen molar-refractivity contribution in [2.75, 3.05) is 18.6 Å². The molecule has 88 valence electrons. The van der Waals surface area contributed by atoms with Gasteiger partial charge in [-0.15, -0.1) is 0 Å². The quantitative estimate of drug-likeness (QED) is 0.817. The first kappa shape index (κ1) is 11.7. The third kappa shape index (κ3) is 2.85. The maximum atomic E-state index is 5.90. The zero-order valence-corrected chi connectivity index (χ0v) is 10.3. The van der Waals surface area contributed by atoms with Gasteiger partial charge < -0.3 is 16.2 Å². The van der Waals surface area contributed by atoms with Crippen LogP contribution in [0.2, 0.25) is 0 Å². The van der Waals surface area contributed by atoms with E-state index in [4.69, 9.17) is 16.2 Å². The highest BCUT2D eigenvalue weighted by atomic mass is 32.2. The molecule has 0 unspecified atom stereocenters. The van der Waals surface area contributed by atoms with Crippen LogP contribution in [-0.4, -0.2) is 7.11 Å². The molecule has 0 spiro atoms. The molecule has 0 bridgehead atoms. The van der Waals surface area contributed by atoms with Crippen LogP contribution in [0.4, 0.5) is 11.4 Å². The van der Waals surface area contributed by atoms with Gasteiger partial charge in [0.25, 0.3) is 0 Å². The van der Waals surface area contributed by atoms with Gasteiger partial charge in [-0.3, -0.25) is 0 Å². The maximum Gasteiger partial charge on any atom is 0.118 e. The maximum absolute atomic E-state index is 5.90. The fraction of sp³-hybridized carbons (Fsp3) is 0.0769. The Morgan fingerprint density at radius 2 is 1.71 bits per heavy atom. The Kier molecular flexibility index (Phi) is 3.44. The minimum Gasteiger partial charge on any atom is -0.497 e. The van der Waals surface area contributed by atoms with E-state index in [1.54, 1.807) is 24.9 Å². The number of methoxy groups -OCH3 is 1. The van der Waals surface area contributed by atoms with Crippen molar-refractivity contribution in [3.8, 4) is 5.75 Å². The van der Waals surface area contributed by atoms with E-state index in [2.05, 4.69) is 0 Å². The summed E-state index contributed by atoms with van der Waals surface area (Å²) in [5.74, 6) is 0.847. The largest absolute Gasteiger partial charge is 0.497 e. The molecule has 0 radical (unpaired) electrons.